The van der Waals surface area contributed by atoms with Gasteiger partial charge in [-0.05, 0) is 42.8 Å². The Kier molecular flexibility index (Phi) is 7.10. The molecule has 2 aromatic heterocycles. The Labute approximate surface area is 198 Å². The van der Waals surface area contributed by atoms with Crippen molar-refractivity contribution in [2.45, 2.75) is 12.8 Å². The van der Waals surface area contributed by atoms with Crippen LogP contribution in [0.5, 0.6) is 0 Å². The van der Waals surface area contributed by atoms with Gasteiger partial charge in [0.05, 0.1) is 22.9 Å². The van der Waals surface area contributed by atoms with Gasteiger partial charge in [0.1, 0.15) is 17.3 Å². The molecule has 178 valence electrons. The van der Waals surface area contributed by atoms with Gasteiger partial charge in [-0.25, -0.2) is 13.8 Å². The summed E-state index contributed by atoms with van der Waals surface area (Å²) in [5.41, 5.74) is 5.79. The lowest BCUT2D eigenvalue weighted by Crippen LogP contribution is -2.42. The van der Waals surface area contributed by atoms with Gasteiger partial charge in [0.2, 0.25) is 5.91 Å². The summed E-state index contributed by atoms with van der Waals surface area (Å²) in [6.45, 7) is 0.0819. The summed E-state index contributed by atoms with van der Waals surface area (Å²) in [6, 6.07) is 14.8. The van der Waals surface area contributed by atoms with Crippen molar-refractivity contribution < 1.29 is 27.6 Å². The minimum Gasteiger partial charge on any atom is -0.463 e. The summed E-state index contributed by atoms with van der Waals surface area (Å²) in [5, 5.41) is 3.06. The van der Waals surface area contributed by atoms with Crippen LogP contribution < -0.4 is 16.2 Å². The highest BCUT2D eigenvalue weighted by Gasteiger charge is 2.16. The molecule has 8 nitrogen and oxygen atoms in total. The lowest BCUT2D eigenvalue weighted by atomic mass is 10.1. The second-order valence-corrected chi connectivity index (χ2v) is 7.54. The number of nitrogens with one attached hydrogen (secondary N) is 3. The molecule has 0 radical (unpaired) electrons. The van der Waals surface area contributed by atoms with Gasteiger partial charge < -0.3 is 9.73 Å². The average molecular weight is 478 g/mol. The Morgan fingerprint density at radius 2 is 1.71 bits per heavy atom. The molecule has 35 heavy (non-hydrogen) atoms. The number of para-hydroxylation sites is 1. The predicted molar refractivity (Wildman–Crippen MR) is 123 cm³/mol. The van der Waals surface area contributed by atoms with Crippen molar-refractivity contribution in [1.29, 1.82) is 0 Å². The van der Waals surface area contributed by atoms with Crippen LogP contribution in [0.2, 0.25) is 0 Å². The molecule has 0 bridgehead atoms. The molecule has 0 aliphatic rings. The summed E-state index contributed by atoms with van der Waals surface area (Å²) >= 11 is 0. The summed E-state index contributed by atoms with van der Waals surface area (Å²) < 4.78 is 32.0. The highest BCUT2D eigenvalue weighted by Crippen LogP contribution is 2.25. The maximum atomic E-state index is 13.6. The average Bonchev–Trinajstić information content (AvgIpc) is 3.39. The molecule has 0 atom stereocenters. The standard InChI is InChI=1S/C25H20F2N4O4/c26-15-9-10-17(19(27)13-15)24(33)28-11-3-8-23(32)30-31-25(34)18-14-21(22-7-4-12-35-22)29-20-6-2-1-5-16(18)20/h1-2,4-7,9-10,12-14H,3,8,11H2,(H,28,33)(H,30,32)(H,31,34). The van der Waals surface area contributed by atoms with E-state index < -0.39 is 29.4 Å². The van der Waals surface area contributed by atoms with Crippen LogP contribution in [-0.2, 0) is 4.79 Å². The minimum absolute atomic E-state index is 0.0127. The van der Waals surface area contributed by atoms with Crippen LogP contribution >= 0.6 is 0 Å². The van der Waals surface area contributed by atoms with Crippen molar-refractivity contribution in [2.75, 3.05) is 6.54 Å². The van der Waals surface area contributed by atoms with Crippen LogP contribution in [0, 0.1) is 11.6 Å². The number of furan rings is 1. The normalized spacial score (nSPS) is 10.7. The van der Waals surface area contributed by atoms with Gasteiger partial charge in [0, 0.05) is 24.4 Å². The van der Waals surface area contributed by atoms with Crippen LogP contribution in [0.25, 0.3) is 22.4 Å². The monoisotopic (exact) mass is 478 g/mol. The maximum absolute atomic E-state index is 13.6. The van der Waals surface area contributed by atoms with Crippen LogP contribution in [0.1, 0.15) is 33.6 Å². The molecule has 0 fully saturated rings. The van der Waals surface area contributed by atoms with Crippen molar-refractivity contribution in [1.82, 2.24) is 21.2 Å². The number of hydrogen-bond acceptors (Lipinski definition) is 5. The molecular weight excluding hydrogens is 458 g/mol. The molecule has 3 amide bonds. The third-order valence-electron chi connectivity index (χ3n) is 5.09. The summed E-state index contributed by atoms with van der Waals surface area (Å²) in [6.07, 6.45) is 1.73. The lowest BCUT2D eigenvalue weighted by Gasteiger charge is -2.11. The highest BCUT2D eigenvalue weighted by atomic mass is 19.1. The number of rotatable bonds is 7. The summed E-state index contributed by atoms with van der Waals surface area (Å²) in [4.78, 5) is 41.4. The molecule has 2 aromatic carbocycles. The smallest absolute Gasteiger partial charge is 0.270 e. The minimum atomic E-state index is -0.971. The van der Waals surface area contributed by atoms with Gasteiger partial charge in [0.15, 0.2) is 5.76 Å². The van der Waals surface area contributed by atoms with Crippen molar-refractivity contribution in [2.24, 2.45) is 0 Å². The molecular formula is C25H20F2N4O4. The molecule has 0 saturated heterocycles. The van der Waals surface area contributed by atoms with E-state index >= 15 is 0 Å². The van der Waals surface area contributed by atoms with Gasteiger partial charge in [-0.1, -0.05) is 18.2 Å². The van der Waals surface area contributed by atoms with Crippen molar-refractivity contribution >= 4 is 28.6 Å². The van der Waals surface area contributed by atoms with Crippen molar-refractivity contribution in [3.8, 4) is 11.5 Å². The third-order valence-corrected chi connectivity index (χ3v) is 5.09. The number of pyridine rings is 1. The first-order valence-electron chi connectivity index (χ1n) is 10.7. The summed E-state index contributed by atoms with van der Waals surface area (Å²) in [7, 11) is 0. The van der Waals surface area contributed by atoms with E-state index in [1.54, 1.807) is 42.5 Å². The van der Waals surface area contributed by atoms with E-state index in [4.69, 9.17) is 4.42 Å². The number of aromatic nitrogens is 1. The maximum Gasteiger partial charge on any atom is 0.270 e. The Balaban J connectivity index is 1.31. The zero-order chi connectivity index (χ0) is 24.8. The van der Waals surface area contributed by atoms with E-state index in [2.05, 4.69) is 21.2 Å². The molecule has 0 saturated carbocycles. The van der Waals surface area contributed by atoms with E-state index in [1.807, 2.05) is 0 Å². The molecule has 4 rings (SSSR count). The van der Waals surface area contributed by atoms with Gasteiger partial charge in [-0.2, -0.15) is 0 Å². The van der Waals surface area contributed by atoms with Gasteiger partial charge >= 0.3 is 0 Å². The van der Waals surface area contributed by atoms with Crippen LogP contribution in [-0.4, -0.2) is 29.3 Å². The molecule has 2 heterocycles. The van der Waals surface area contributed by atoms with Crippen LogP contribution in [0.4, 0.5) is 8.78 Å². The number of hydrazine groups is 1. The third kappa shape index (κ3) is 5.67. The molecule has 0 spiro atoms. The second kappa shape index (κ2) is 10.6. The number of halogens is 2. The second-order valence-electron chi connectivity index (χ2n) is 7.54. The van der Waals surface area contributed by atoms with E-state index in [1.165, 1.54) is 6.26 Å². The number of benzene rings is 2. The van der Waals surface area contributed by atoms with Crippen LogP contribution in [0.3, 0.4) is 0 Å². The Bertz CT molecular complexity index is 1390. The zero-order valence-electron chi connectivity index (χ0n) is 18.3. The largest absolute Gasteiger partial charge is 0.463 e. The topological polar surface area (TPSA) is 113 Å². The van der Waals surface area contributed by atoms with Gasteiger partial charge in [0.25, 0.3) is 11.8 Å². The number of carbonyl (C=O) groups excluding carboxylic acids is 3. The van der Waals surface area contributed by atoms with E-state index in [0.29, 0.717) is 34.0 Å². The Hall–Kier alpha value is -4.60. The number of nitrogens with zero attached hydrogens (tertiary/aromatic N) is 1. The SMILES string of the molecule is O=C(CCCNC(=O)c1ccc(F)cc1F)NNC(=O)c1cc(-c2ccco2)nc2ccccc12. The lowest BCUT2D eigenvalue weighted by molar-refractivity contribution is -0.121. The highest BCUT2D eigenvalue weighted by molar-refractivity contribution is 6.07. The molecule has 0 unspecified atom stereocenters. The van der Waals surface area contributed by atoms with E-state index in [-0.39, 0.29) is 24.9 Å². The summed E-state index contributed by atoms with van der Waals surface area (Å²) in [5.74, 6) is -2.99. The first-order valence-corrected chi connectivity index (χ1v) is 10.7. The molecule has 10 heteroatoms. The van der Waals surface area contributed by atoms with Crippen molar-refractivity contribution in [3.63, 3.8) is 0 Å². The molecule has 0 aliphatic heterocycles. The fourth-order valence-corrected chi connectivity index (χ4v) is 3.39. The number of carbonyl (C=O) groups is 3. The first kappa shape index (κ1) is 23.6. The molecule has 0 aliphatic carbocycles. The number of amides is 3. The molecule has 3 N–H and O–H groups in total. The fraction of sp³-hybridized carbons (Fsp3) is 0.120. The van der Waals surface area contributed by atoms with Crippen molar-refractivity contribution in [3.05, 3.63) is 89.7 Å². The van der Waals surface area contributed by atoms with Gasteiger partial charge in [-0.3, -0.25) is 25.2 Å². The van der Waals surface area contributed by atoms with E-state index in [0.717, 1.165) is 12.1 Å². The quantitative estimate of drug-likeness (QED) is 0.277. The number of fused-ring (bicyclic) bond motifs is 1. The first-order chi connectivity index (χ1) is 16.9. The number of hydrogen-bond donors (Lipinski definition) is 3. The van der Waals surface area contributed by atoms with Crippen LogP contribution in [0.15, 0.2) is 71.3 Å². The fourth-order valence-electron chi connectivity index (χ4n) is 3.39. The Morgan fingerprint density at radius 1 is 0.886 bits per heavy atom. The van der Waals surface area contributed by atoms with Gasteiger partial charge in [-0.15, -0.1) is 0 Å². The Morgan fingerprint density at radius 3 is 2.49 bits per heavy atom. The van der Waals surface area contributed by atoms with E-state index in [9.17, 15) is 23.2 Å². The molecule has 4 aromatic rings. The zero-order valence-corrected chi connectivity index (χ0v) is 18.3. The predicted octanol–water partition coefficient (Wildman–Crippen LogP) is 3.74.